The van der Waals surface area contributed by atoms with Gasteiger partial charge in [-0.1, -0.05) is 0 Å². The molecule has 2 aliphatic rings. The number of hydrogen-bond donors (Lipinski definition) is 0. The minimum atomic E-state index is -3.35. The molecule has 0 spiro atoms. The number of rotatable bonds is 3. The van der Waals surface area contributed by atoms with Crippen molar-refractivity contribution in [3.63, 3.8) is 0 Å². The molecular weight excluding hydrogens is 426 g/mol. The largest absolute Gasteiger partial charge is 0.147 e. The van der Waals surface area contributed by atoms with Crippen LogP contribution in [0.3, 0.4) is 0 Å². The molecule has 0 unspecified atom stereocenters. The molecule has 0 amide bonds. The maximum absolute atomic E-state index is 4.32. The molecule has 0 aromatic heterocycles. The maximum Gasteiger partial charge on any atom is -0.147 e. The molecule has 0 radical (unpaired) electrons. The standard InChI is InChI=1S/C13H9.C5H5.C2H3.2CH3.2ClH.Zr/c1-3-7-12-10(5-1)9-11-6-2-4-8-13(11)12;1-2-4-5-3-1;1-2;;;;;/h1-5,7-8H,9H2;1-3H,4H2;1H,2H2;2*1H3;2*1H;. The van der Waals surface area contributed by atoms with Gasteiger partial charge in [-0.3, -0.25) is 0 Å². The second-order valence-corrected chi connectivity index (χ2v) is 23.8. The van der Waals surface area contributed by atoms with Crippen LogP contribution in [0.4, 0.5) is 0 Å². The number of allylic oxidation sites excluding steroid dienone is 4. The van der Waals surface area contributed by atoms with E-state index in [-0.39, 0.29) is 24.8 Å². The molecule has 0 nitrogen and oxygen atoms in total. The Kier molecular flexibility index (Phi) is 5.75. The topological polar surface area (TPSA) is 0 Å². The average Bonchev–Trinajstić information content (AvgIpc) is 3.23. The quantitative estimate of drug-likeness (QED) is 0.426. The van der Waals surface area contributed by atoms with Crippen LogP contribution in [0.5, 0.6) is 0 Å². The summed E-state index contributed by atoms with van der Waals surface area (Å²) in [5, 5.41) is 0. The van der Waals surface area contributed by atoms with Gasteiger partial charge < -0.3 is 0 Å². The van der Waals surface area contributed by atoms with E-state index in [0.29, 0.717) is 0 Å². The van der Waals surface area contributed by atoms with Crippen molar-refractivity contribution in [2.45, 2.75) is 22.1 Å². The van der Waals surface area contributed by atoms with Gasteiger partial charge in [-0.2, -0.15) is 0 Å². The zero-order valence-corrected chi connectivity index (χ0v) is 18.9. The molecule has 3 heteroatoms. The molecule has 0 aliphatic heterocycles. The summed E-state index contributed by atoms with van der Waals surface area (Å²) in [5.74, 6) is 0. The van der Waals surface area contributed by atoms with Crippen LogP contribution in [-0.4, -0.2) is 0 Å². The van der Waals surface area contributed by atoms with Crippen molar-refractivity contribution < 1.29 is 18.8 Å². The van der Waals surface area contributed by atoms with E-state index >= 15 is 0 Å². The van der Waals surface area contributed by atoms with Gasteiger partial charge >= 0.3 is 141 Å². The third-order valence-corrected chi connectivity index (χ3v) is 20.1. The van der Waals surface area contributed by atoms with Gasteiger partial charge in [-0.05, 0) is 0 Å². The van der Waals surface area contributed by atoms with Crippen LogP contribution in [0.2, 0.25) is 9.26 Å². The number of benzene rings is 2. The summed E-state index contributed by atoms with van der Waals surface area (Å²) >= 11 is -3.35. The molecule has 4 rings (SSSR count). The third kappa shape index (κ3) is 2.95. The van der Waals surface area contributed by atoms with Crippen LogP contribution < -0.4 is 3.27 Å². The summed E-state index contributed by atoms with van der Waals surface area (Å²) in [5.41, 5.74) is 5.88. The van der Waals surface area contributed by atoms with Crippen LogP contribution in [0.15, 0.2) is 74.3 Å². The van der Waals surface area contributed by atoms with Crippen molar-refractivity contribution in [2.24, 2.45) is 0 Å². The van der Waals surface area contributed by atoms with E-state index in [1.54, 1.807) is 12.1 Å². The fourth-order valence-electron chi connectivity index (χ4n) is 4.31. The second-order valence-electron chi connectivity index (χ2n) is 7.68. The SMILES string of the molecule is C=[CH][Zr]([CH3])([CH3])([C]1=CC=CC1)[c]1cccc2c1Cc1ccccc1-2.Cl.Cl. The van der Waals surface area contributed by atoms with E-state index in [1.807, 2.05) is 0 Å². The van der Waals surface area contributed by atoms with Gasteiger partial charge in [0.25, 0.3) is 0 Å². The monoisotopic (exact) mass is 449 g/mol. The zero-order valence-electron chi connectivity index (χ0n) is 14.8. The van der Waals surface area contributed by atoms with E-state index in [0.717, 1.165) is 12.8 Å². The summed E-state index contributed by atoms with van der Waals surface area (Å²) in [6.45, 7) is 4.32. The Morgan fingerprint density at radius 2 is 1.68 bits per heavy atom. The summed E-state index contributed by atoms with van der Waals surface area (Å²) < 4.78 is 10.6. The first-order valence-electron chi connectivity index (χ1n) is 8.44. The smallest absolute Gasteiger partial charge is 0.147 e. The summed E-state index contributed by atoms with van der Waals surface area (Å²) in [6.07, 6.45) is 9.03. The van der Waals surface area contributed by atoms with Gasteiger partial charge in [0.15, 0.2) is 0 Å². The molecule has 25 heavy (non-hydrogen) atoms. The van der Waals surface area contributed by atoms with Gasteiger partial charge in [0.2, 0.25) is 0 Å². The Morgan fingerprint density at radius 1 is 0.960 bits per heavy atom. The Labute approximate surface area is 164 Å². The van der Waals surface area contributed by atoms with Crippen LogP contribution in [-0.2, 0) is 25.2 Å². The predicted molar refractivity (Wildman–Crippen MR) is 113 cm³/mol. The first-order chi connectivity index (χ1) is 11.0. The molecule has 0 bridgehead atoms. The van der Waals surface area contributed by atoms with E-state index in [2.05, 4.69) is 80.3 Å². The molecule has 2 aromatic rings. The molecule has 2 aliphatic carbocycles. The van der Waals surface area contributed by atoms with Gasteiger partial charge in [0.05, 0.1) is 0 Å². The zero-order chi connectivity index (χ0) is 16.1. The number of fused-ring (bicyclic) bond motifs is 3. The van der Waals surface area contributed by atoms with Crippen molar-refractivity contribution in [2.75, 3.05) is 0 Å². The van der Waals surface area contributed by atoms with Crippen molar-refractivity contribution >= 4 is 28.1 Å². The van der Waals surface area contributed by atoms with Gasteiger partial charge in [0.1, 0.15) is 0 Å². The predicted octanol–water partition coefficient (Wildman–Crippen LogP) is 6.50. The summed E-state index contributed by atoms with van der Waals surface area (Å²) in [6, 6.07) is 15.8. The second kappa shape index (κ2) is 7.03. The normalized spacial score (nSPS) is 15.8. The minimum absolute atomic E-state index is 0. The average molecular weight is 452 g/mol. The first kappa shape index (κ1) is 20.4. The van der Waals surface area contributed by atoms with Gasteiger partial charge in [-0.25, -0.2) is 0 Å². The fraction of sp³-hybridized carbons (Fsp3) is 0.182. The Morgan fingerprint density at radius 3 is 2.36 bits per heavy atom. The van der Waals surface area contributed by atoms with E-state index in [9.17, 15) is 0 Å². The van der Waals surface area contributed by atoms with Gasteiger partial charge in [0, 0.05) is 0 Å². The van der Waals surface area contributed by atoms with E-state index < -0.39 is 18.8 Å². The van der Waals surface area contributed by atoms with Crippen molar-refractivity contribution in [3.8, 4) is 11.1 Å². The maximum atomic E-state index is 4.32. The van der Waals surface area contributed by atoms with E-state index in [4.69, 9.17) is 0 Å². The molecule has 0 atom stereocenters. The van der Waals surface area contributed by atoms with Crippen molar-refractivity contribution in [1.29, 1.82) is 0 Å². The molecular formula is C22H25Cl2Zr. The molecule has 0 saturated heterocycles. The fourth-order valence-corrected chi connectivity index (χ4v) is 14.0. The molecule has 0 heterocycles. The number of halogens is 2. The van der Waals surface area contributed by atoms with Crippen LogP contribution in [0, 0.1) is 0 Å². The first-order valence-corrected chi connectivity index (χ1v) is 17.2. The molecule has 131 valence electrons. The van der Waals surface area contributed by atoms with E-state index in [1.165, 1.54) is 16.7 Å². The van der Waals surface area contributed by atoms with Crippen LogP contribution in [0.25, 0.3) is 11.1 Å². The molecule has 2 aromatic carbocycles. The minimum Gasteiger partial charge on any atom is -0.147 e. The van der Waals surface area contributed by atoms with Crippen LogP contribution >= 0.6 is 24.8 Å². The van der Waals surface area contributed by atoms with Crippen molar-refractivity contribution in [3.05, 3.63) is 85.5 Å². The summed E-state index contributed by atoms with van der Waals surface area (Å²) in [4.78, 5) is 0. The third-order valence-electron chi connectivity index (χ3n) is 6.05. The Hall–Kier alpha value is -0.877. The Bertz CT molecular complexity index is 891. The van der Waals surface area contributed by atoms with Crippen LogP contribution in [0.1, 0.15) is 17.5 Å². The Balaban J connectivity index is 0.00000113. The van der Waals surface area contributed by atoms with Crippen molar-refractivity contribution in [1.82, 2.24) is 0 Å². The molecule has 0 saturated carbocycles. The van der Waals surface area contributed by atoms with Gasteiger partial charge in [-0.15, -0.1) is 24.8 Å². The summed E-state index contributed by atoms with van der Waals surface area (Å²) in [7, 11) is 0. The number of hydrogen-bond acceptors (Lipinski definition) is 0. The molecule has 0 fully saturated rings. The molecule has 0 N–H and O–H groups in total.